The molecule has 0 unspecified atom stereocenters. The van der Waals surface area contributed by atoms with Gasteiger partial charge in [0.15, 0.2) is 23.6 Å². The number of halogens is 5. The van der Waals surface area contributed by atoms with Crippen molar-refractivity contribution in [3.63, 3.8) is 0 Å². The van der Waals surface area contributed by atoms with Crippen molar-refractivity contribution in [1.29, 1.82) is 0 Å². The zero-order chi connectivity index (χ0) is 30.3. The number of nitrogens with zero attached hydrogens (tertiary/aromatic N) is 4. The molecular weight excluding hydrogens is 693 g/mol. The van der Waals surface area contributed by atoms with Crippen molar-refractivity contribution >= 4 is 43.5 Å². The van der Waals surface area contributed by atoms with Crippen molar-refractivity contribution in [2.45, 2.75) is 61.9 Å². The van der Waals surface area contributed by atoms with E-state index in [4.69, 9.17) is 9.47 Å². The van der Waals surface area contributed by atoms with E-state index < -0.39 is 72.6 Å². The topological polar surface area (TPSA) is 130 Å². The molecule has 2 aromatic carbocycles. The van der Waals surface area contributed by atoms with Crippen LogP contribution in [0.4, 0.5) is 18.9 Å². The fourth-order valence-electron chi connectivity index (χ4n) is 5.64. The van der Waals surface area contributed by atoms with Crippen molar-refractivity contribution in [3.05, 3.63) is 62.9 Å². The first-order valence-electron chi connectivity index (χ1n) is 13.0. The van der Waals surface area contributed by atoms with E-state index in [1.807, 2.05) is 0 Å². The van der Waals surface area contributed by atoms with Crippen LogP contribution in [0.5, 0.6) is 0 Å². The zero-order valence-corrected chi connectivity index (χ0v) is 25.3. The van der Waals surface area contributed by atoms with Gasteiger partial charge in [-0.3, -0.25) is 4.79 Å². The fourth-order valence-corrected chi connectivity index (χ4v) is 6.91. The number of aliphatic hydroxyl groups is 3. The van der Waals surface area contributed by atoms with Gasteiger partial charge in [-0.15, -0.1) is 5.10 Å². The molecule has 0 radical (unpaired) electrons. The van der Waals surface area contributed by atoms with Crippen LogP contribution in [0, 0.1) is 17.5 Å². The Morgan fingerprint density at radius 1 is 1.12 bits per heavy atom. The van der Waals surface area contributed by atoms with Crippen LogP contribution < -0.4 is 4.90 Å². The largest absolute Gasteiger partial charge is 0.394 e. The van der Waals surface area contributed by atoms with E-state index in [0.717, 1.165) is 16.8 Å². The summed E-state index contributed by atoms with van der Waals surface area (Å²) in [4.78, 5) is 15.8. The van der Waals surface area contributed by atoms with Gasteiger partial charge in [0.1, 0.15) is 30.0 Å². The van der Waals surface area contributed by atoms with Crippen LogP contribution in [0.15, 0.2) is 45.5 Å². The summed E-state index contributed by atoms with van der Waals surface area (Å²) in [6, 6.07) is 5.00. The number of aliphatic hydroxyl groups excluding tert-OH is 3. The Morgan fingerprint density at radius 2 is 1.79 bits per heavy atom. The molecule has 15 heteroatoms. The molecule has 1 saturated heterocycles. The van der Waals surface area contributed by atoms with E-state index in [0.29, 0.717) is 33.9 Å². The summed E-state index contributed by atoms with van der Waals surface area (Å²) >= 11 is 6.88. The number of hydrogen-bond acceptors (Lipinski definition) is 8. The molecule has 1 amide bonds. The van der Waals surface area contributed by atoms with Crippen LogP contribution in [0.2, 0.25) is 0 Å². The lowest BCUT2D eigenvalue weighted by Crippen LogP contribution is -2.62. The standard InChI is InChI=1S/C27H27Br2F3N4O6/c1-41-25-23(35-10-18(33-34-35)12-5-16(30)22(32)17(31)6-12)24(39)21(11-37)42-26(25)27(40)36(19-3-2-4-20(19)38)15-8-13(28)7-14(29)9-15/h5-10,19-21,23-26,37-39H,2-4,11H2,1H3/t19-,20-,21+,23-,24-,25+,26+/m0/s1. The number of carbonyl (C=O) groups is 1. The van der Waals surface area contributed by atoms with Crippen LogP contribution in [0.25, 0.3) is 11.3 Å². The van der Waals surface area contributed by atoms with Gasteiger partial charge in [-0.2, -0.15) is 0 Å². The Morgan fingerprint density at radius 3 is 2.36 bits per heavy atom. The second kappa shape index (κ2) is 12.7. The zero-order valence-electron chi connectivity index (χ0n) is 22.1. The van der Waals surface area contributed by atoms with E-state index >= 15 is 0 Å². The maximum absolute atomic E-state index is 14.4. The molecule has 1 aliphatic heterocycles. The van der Waals surface area contributed by atoms with Gasteiger partial charge < -0.3 is 29.7 Å². The van der Waals surface area contributed by atoms with E-state index in [1.54, 1.807) is 18.2 Å². The van der Waals surface area contributed by atoms with Gasteiger partial charge in [-0.25, -0.2) is 17.9 Å². The van der Waals surface area contributed by atoms with Gasteiger partial charge in [0, 0.05) is 27.3 Å². The number of methoxy groups -OCH3 is 1. The first kappa shape index (κ1) is 31.0. The number of carbonyl (C=O) groups excluding carboxylic acids is 1. The Kier molecular flexibility index (Phi) is 9.37. The minimum Gasteiger partial charge on any atom is -0.394 e. The monoisotopic (exact) mass is 718 g/mol. The summed E-state index contributed by atoms with van der Waals surface area (Å²) < 4.78 is 55.4. The molecule has 1 aromatic heterocycles. The first-order chi connectivity index (χ1) is 20.0. The van der Waals surface area contributed by atoms with Crippen LogP contribution in [-0.4, -0.2) is 86.5 Å². The molecular formula is C27H27Br2F3N4O6. The molecule has 3 aromatic rings. The molecule has 3 N–H and O–H groups in total. The molecule has 5 rings (SSSR count). The number of rotatable bonds is 7. The number of hydrogen-bond donors (Lipinski definition) is 3. The van der Waals surface area contributed by atoms with Gasteiger partial charge in [0.2, 0.25) is 0 Å². The van der Waals surface area contributed by atoms with E-state index in [2.05, 4.69) is 42.2 Å². The quantitative estimate of drug-likeness (QED) is 0.317. The Hall–Kier alpha value is -2.40. The van der Waals surface area contributed by atoms with Crippen molar-refractivity contribution in [3.8, 4) is 11.3 Å². The van der Waals surface area contributed by atoms with Gasteiger partial charge in [-0.05, 0) is 49.6 Å². The summed E-state index contributed by atoms with van der Waals surface area (Å²) in [6.07, 6.45) is -3.12. The smallest absolute Gasteiger partial charge is 0.259 e. The van der Waals surface area contributed by atoms with Crippen molar-refractivity contribution < 1.29 is 42.8 Å². The molecule has 226 valence electrons. The van der Waals surface area contributed by atoms with Crippen molar-refractivity contribution in [1.82, 2.24) is 15.0 Å². The third-order valence-electron chi connectivity index (χ3n) is 7.62. The highest BCUT2D eigenvalue weighted by atomic mass is 79.9. The molecule has 1 aliphatic carbocycles. The maximum Gasteiger partial charge on any atom is 0.259 e. The molecule has 42 heavy (non-hydrogen) atoms. The third-order valence-corrected chi connectivity index (χ3v) is 8.53. The van der Waals surface area contributed by atoms with Gasteiger partial charge in [0.25, 0.3) is 5.91 Å². The first-order valence-corrected chi connectivity index (χ1v) is 14.6. The summed E-state index contributed by atoms with van der Waals surface area (Å²) in [5.74, 6) is -5.05. The molecule has 2 fully saturated rings. The number of benzene rings is 2. The molecule has 0 spiro atoms. The maximum atomic E-state index is 14.4. The lowest BCUT2D eigenvalue weighted by molar-refractivity contribution is -0.211. The van der Waals surface area contributed by atoms with Crippen LogP contribution in [-0.2, 0) is 14.3 Å². The van der Waals surface area contributed by atoms with E-state index in [-0.39, 0.29) is 11.3 Å². The van der Waals surface area contributed by atoms with Crippen molar-refractivity contribution in [2.24, 2.45) is 0 Å². The van der Waals surface area contributed by atoms with Crippen LogP contribution >= 0.6 is 31.9 Å². The highest BCUT2D eigenvalue weighted by Gasteiger charge is 2.52. The second-order valence-electron chi connectivity index (χ2n) is 10.2. The number of amides is 1. The molecule has 1 saturated carbocycles. The summed E-state index contributed by atoms with van der Waals surface area (Å²) in [5, 5.41) is 40.0. The Balaban J connectivity index is 1.54. The lowest BCUT2D eigenvalue weighted by Gasteiger charge is -2.45. The van der Waals surface area contributed by atoms with Gasteiger partial charge in [0.05, 0.1) is 24.9 Å². The summed E-state index contributed by atoms with van der Waals surface area (Å²) in [6.45, 7) is -0.664. The number of anilines is 1. The molecule has 7 atom stereocenters. The number of ether oxygens (including phenoxy) is 2. The molecule has 10 nitrogen and oxygen atoms in total. The average Bonchev–Trinajstić information content (AvgIpc) is 3.60. The van der Waals surface area contributed by atoms with Crippen molar-refractivity contribution in [2.75, 3.05) is 18.6 Å². The van der Waals surface area contributed by atoms with Crippen LogP contribution in [0.1, 0.15) is 25.3 Å². The van der Waals surface area contributed by atoms with Gasteiger partial charge in [-0.1, -0.05) is 37.1 Å². The van der Waals surface area contributed by atoms with E-state index in [1.165, 1.54) is 18.2 Å². The summed E-state index contributed by atoms with van der Waals surface area (Å²) in [7, 11) is 1.31. The average molecular weight is 720 g/mol. The van der Waals surface area contributed by atoms with E-state index in [9.17, 15) is 33.3 Å². The summed E-state index contributed by atoms with van der Waals surface area (Å²) in [5.41, 5.74) is 0.317. The third kappa shape index (κ3) is 5.87. The highest BCUT2D eigenvalue weighted by molar-refractivity contribution is 9.11. The number of aromatic nitrogens is 3. The lowest BCUT2D eigenvalue weighted by atomic mass is 9.91. The molecule has 2 aliphatic rings. The Bertz CT molecular complexity index is 1420. The predicted octanol–water partition coefficient (Wildman–Crippen LogP) is 3.51. The van der Waals surface area contributed by atoms with Crippen LogP contribution in [0.3, 0.4) is 0 Å². The minimum atomic E-state index is -1.63. The SMILES string of the molecule is CO[C@@H]1[C@@H](n2cc(-c3cc(F)c(F)c(F)c3)nn2)[C@@H](O)[C@@H](CO)O[C@H]1C(=O)N(c1cc(Br)cc(Br)c1)[C@H]1CCC[C@@H]1O. The molecule has 2 heterocycles. The second-order valence-corrected chi connectivity index (χ2v) is 12.0. The highest BCUT2D eigenvalue weighted by Crippen LogP contribution is 2.38. The Labute approximate surface area is 255 Å². The van der Waals surface area contributed by atoms with Gasteiger partial charge >= 0.3 is 0 Å². The minimum absolute atomic E-state index is 0.0422. The fraction of sp³-hybridized carbons (Fsp3) is 0.444. The predicted molar refractivity (Wildman–Crippen MR) is 150 cm³/mol. The molecule has 0 bridgehead atoms. The normalized spacial score (nSPS) is 27.8.